The molecule has 0 saturated carbocycles. The number of ketones is 1. The first-order valence-electron chi connectivity index (χ1n) is 8.88. The van der Waals surface area contributed by atoms with E-state index in [0.29, 0.717) is 11.1 Å². The van der Waals surface area contributed by atoms with Crippen molar-refractivity contribution in [3.8, 4) is 5.75 Å². The first kappa shape index (κ1) is 16.6. The molecule has 0 radical (unpaired) electrons. The number of carbonyl (C=O) groups is 1. The van der Waals surface area contributed by atoms with Gasteiger partial charge < -0.3 is 10.1 Å². The van der Waals surface area contributed by atoms with Crippen LogP contribution in [0.25, 0.3) is 0 Å². The molecule has 1 aliphatic carbocycles. The zero-order chi connectivity index (χ0) is 17.9. The van der Waals surface area contributed by atoms with Gasteiger partial charge in [-0.3, -0.25) is 4.79 Å². The second-order valence-corrected chi connectivity index (χ2v) is 6.56. The number of rotatable bonds is 5. The van der Waals surface area contributed by atoms with Gasteiger partial charge in [-0.15, -0.1) is 0 Å². The molecule has 0 amide bonds. The van der Waals surface area contributed by atoms with Crippen molar-refractivity contribution in [1.29, 1.82) is 0 Å². The normalized spacial score (nSPS) is 18.3. The van der Waals surface area contributed by atoms with Crippen LogP contribution in [0.5, 0.6) is 5.75 Å². The van der Waals surface area contributed by atoms with E-state index in [1.165, 1.54) is 11.1 Å². The standard InChI is InChI=1S/C23H21NO2/c1-24-21-15-18-9-5-6-10-20(18)23(21)26-19-13-11-17(12-14-19)22(25)16-7-3-2-4-8-16/h2-14,21,23-24H,15H2,1H3/t21-,23+/m0/s1. The largest absolute Gasteiger partial charge is 0.484 e. The number of likely N-dealkylation sites (N-methyl/N-ethyl adjacent to an activating group) is 1. The Kier molecular flexibility index (Phi) is 4.55. The van der Waals surface area contributed by atoms with Crippen molar-refractivity contribution >= 4 is 5.78 Å². The summed E-state index contributed by atoms with van der Waals surface area (Å²) in [5, 5.41) is 3.35. The molecule has 0 unspecified atom stereocenters. The quantitative estimate of drug-likeness (QED) is 0.706. The molecule has 0 saturated heterocycles. The molecule has 0 aromatic heterocycles. The third-order valence-corrected chi connectivity index (χ3v) is 4.95. The van der Waals surface area contributed by atoms with E-state index in [9.17, 15) is 4.79 Å². The maximum atomic E-state index is 12.5. The number of carbonyl (C=O) groups excluding carboxylic acids is 1. The summed E-state index contributed by atoms with van der Waals surface area (Å²) >= 11 is 0. The van der Waals surface area contributed by atoms with Crippen molar-refractivity contribution in [1.82, 2.24) is 5.32 Å². The van der Waals surface area contributed by atoms with Gasteiger partial charge in [0.2, 0.25) is 0 Å². The molecule has 2 atom stereocenters. The Morgan fingerprint density at radius 2 is 1.54 bits per heavy atom. The SMILES string of the molecule is CN[C@H]1Cc2ccccc2[C@H]1Oc1ccc(C(=O)c2ccccc2)cc1. The molecule has 0 fully saturated rings. The smallest absolute Gasteiger partial charge is 0.193 e. The lowest BCUT2D eigenvalue weighted by Crippen LogP contribution is -2.32. The lowest BCUT2D eigenvalue weighted by atomic mass is 10.0. The molecule has 1 N–H and O–H groups in total. The Morgan fingerprint density at radius 3 is 2.27 bits per heavy atom. The maximum Gasteiger partial charge on any atom is 0.193 e. The zero-order valence-electron chi connectivity index (χ0n) is 14.7. The Bertz CT molecular complexity index is 903. The van der Waals surface area contributed by atoms with Gasteiger partial charge in [0.05, 0.1) is 6.04 Å². The molecule has 4 rings (SSSR count). The molecule has 0 bridgehead atoms. The molecule has 130 valence electrons. The summed E-state index contributed by atoms with van der Waals surface area (Å²) in [5.74, 6) is 0.799. The lowest BCUT2D eigenvalue weighted by Gasteiger charge is -2.22. The lowest BCUT2D eigenvalue weighted by molar-refractivity contribution is 0.103. The van der Waals surface area contributed by atoms with E-state index in [4.69, 9.17) is 4.74 Å². The number of benzene rings is 3. The van der Waals surface area contributed by atoms with E-state index < -0.39 is 0 Å². The highest BCUT2D eigenvalue weighted by Crippen LogP contribution is 2.35. The highest BCUT2D eigenvalue weighted by atomic mass is 16.5. The summed E-state index contributed by atoms with van der Waals surface area (Å²) in [6.07, 6.45) is 0.939. The van der Waals surface area contributed by atoms with Crippen molar-refractivity contribution in [2.45, 2.75) is 18.6 Å². The highest BCUT2D eigenvalue weighted by Gasteiger charge is 2.32. The van der Waals surface area contributed by atoms with Gasteiger partial charge in [-0.2, -0.15) is 0 Å². The van der Waals surface area contributed by atoms with Crippen molar-refractivity contribution < 1.29 is 9.53 Å². The first-order valence-corrected chi connectivity index (χ1v) is 8.88. The molecule has 3 heteroatoms. The molecule has 0 spiro atoms. The van der Waals surface area contributed by atoms with E-state index in [2.05, 4.69) is 29.6 Å². The number of nitrogens with one attached hydrogen (secondary N) is 1. The van der Waals surface area contributed by atoms with Gasteiger partial charge in [-0.25, -0.2) is 0 Å². The van der Waals surface area contributed by atoms with Crippen LogP contribution in [-0.2, 0) is 6.42 Å². The van der Waals surface area contributed by atoms with E-state index in [-0.39, 0.29) is 17.9 Å². The topological polar surface area (TPSA) is 38.3 Å². The Labute approximate surface area is 153 Å². The molecule has 3 nitrogen and oxygen atoms in total. The maximum absolute atomic E-state index is 12.5. The number of hydrogen-bond donors (Lipinski definition) is 1. The molecular formula is C23H21NO2. The zero-order valence-corrected chi connectivity index (χ0v) is 14.7. The summed E-state index contributed by atoms with van der Waals surface area (Å²) in [5.41, 5.74) is 3.92. The first-order chi connectivity index (χ1) is 12.8. The van der Waals surface area contributed by atoms with E-state index in [0.717, 1.165) is 12.2 Å². The minimum Gasteiger partial charge on any atom is -0.484 e. The Hall–Kier alpha value is -2.91. The van der Waals surface area contributed by atoms with Crippen LogP contribution in [0.15, 0.2) is 78.9 Å². The summed E-state index contributed by atoms with van der Waals surface area (Å²) in [6.45, 7) is 0. The highest BCUT2D eigenvalue weighted by molar-refractivity contribution is 6.08. The average Bonchev–Trinajstić information content (AvgIpc) is 3.06. The van der Waals surface area contributed by atoms with Crippen molar-refractivity contribution in [2.24, 2.45) is 0 Å². The van der Waals surface area contributed by atoms with Gasteiger partial charge >= 0.3 is 0 Å². The fourth-order valence-electron chi connectivity index (χ4n) is 3.55. The molecule has 0 aliphatic heterocycles. The van der Waals surface area contributed by atoms with E-state index >= 15 is 0 Å². The van der Waals surface area contributed by atoms with Crippen LogP contribution < -0.4 is 10.1 Å². The summed E-state index contributed by atoms with van der Waals surface area (Å²) in [7, 11) is 1.97. The monoisotopic (exact) mass is 343 g/mol. The van der Waals surface area contributed by atoms with Gasteiger partial charge in [0.15, 0.2) is 5.78 Å². The second-order valence-electron chi connectivity index (χ2n) is 6.56. The van der Waals surface area contributed by atoms with Crippen LogP contribution in [0, 0.1) is 0 Å². The predicted molar refractivity (Wildman–Crippen MR) is 103 cm³/mol. The van der Waals surface area contributed by atoms with Crippen molar-refractivity contribution in [3.05, 3.63) is 101 Å². The van der Waals surface area contributed by atoms with Crippen LogP contribution in [0.1, 0.15) is 33.2 Å². The molecule has 3 aromatic rings. The minimum atomic E-state index is -0.0214. The van der Waals surface area contributed by atoms with Gasteiger partial charge in [-0.1, -0.05) is 54.6 Å². The van der Waals surface area contributed by atoms with Crippen LogP contribution in [0.4, 0.5) is 0 Å². The van der Waals surface area contributed by atoms with Crippen molar-refractivity contribution in [2.75, 3.05) is 7.05 Å². The van der Waals surface area contributed by atoms with Crippen LogP contribution in [-0.4, -0.2) is 18.9 Å². The van der Waals surface area contributed by atoms with Gasteiger partial charge in [0, 0.05) is 11.1 Å². The van der Waals surface area contributed by atoms with E-state index in [1.54, 1.807) is 0 Å². The van der Waals surface area contributed by atoms with Gasteiger partial charge in [0.1, 0.15) is 11.9 Å². The molecule has 1 aliphatic rings. The van der Waals surface area contributed by atoms with Crippen LogP contribution >= 0.6 is 0 Å². The molecule has 26 heavy (non-hydrogen) atoms. The molecular weight excluding hydrogens is 322 g/mol. The van der Waals surface area contributed by atoms with Gasteiger partial charge in [0.25, 0.3) is 0 Å². The van der Waals surface area contributed by atoms with Gasteiger partial charge in [-0.05, 0) is 48.9 Å². The number of ether oxygens (including phenoxy) is 1. The van der Waals surface area contributed by atoms with E-state index in [1.807, 2.05) is 61.6 Å². The Morgan fingerprint density at radius 1 is 0.885 bits per heavy atom. The predicted octanol–water partition coefficient (Wildman–Crippen LogP) is 4.18. The van der Waals surface area contributed by atoms with Crippen LogP contribution in [0.2, 0.25) is 0 Å². The minimum absolute atomic E-state index is 0.0214. The number of hydrogen-bond acceptors (Lipinski definition) is 3. The fraction of sp³-hybridized carbons (Fsp3) is 0.174. The summed E-state index contributed by atoms with van der Waals surface area (Å²) in [6, 6.07) is 25.4. The average molecular weight is 343 g/mol. The summed E-state index contributed by atoms with van der Waals surface area (Å²) < 4.78 is 6.27. The number of fused-ring (bicyclic) bond motifs is 1. The van der Waals surface area contributed by atoms with Crippen LogP contribution in [0.3, 0.4) is 0 Å². The van der Waals surface area contributed by atoms with Crippen molar-refractivity contribution in [3.63, 3.8) is 0 Å². The second kappa shape index (κ2) is 7.14. The molecule has 3 aromatic carbocycles. The fourth-order valence-corrected chi connectivity index (χ4v) is 3.55. The third-order valence-electron chi connectivity index (χ3n) is 4.95. The Balaban J connectivity index is 1.54. The molecule has 0 heterocycles. The summed E-state index contributed by atoms with van der Waals surface area (Å²) in [4.78, 5) is 12.5. The third kappa shape index (κ3) is 3.14.